The van der Waals surface area contributed by atoms with Gasteiger partial charge in [0.2, 0.25) is 11.8 Å². The van der Waals surface area contributed by atoms with Crippen LogP contribution in [0.5, 0.6) is 11.5 Å². The van der Waals surface area contributed by atoms with Crippen LogP contribution in [0.25, 0.3) is 0 Å². The van der Waals surface area contributed by atoms with Crippen molar-refractivity contribution in [2.45, 2.75) is 38.5 Å². The first-order chi connectivity index (χ1) is 19.7. The number of cyclic esters (lactones) is 4. The fourth-order valence-corrected chi connectivity index (χ4v) is 6.24. The average molecular weight is 561 g/mol. The largest absolute Gasteiger partial charge is 0.457 e. The van der Waals surface area contributed by atoms with E-state index in [-0.39, 0.29) is 23.7 Å². The van der Waals surface area contributed by atoms with Crippen LogP contribution in [0.15, 0.2) is 48.5 Å². The van der Waals surface area contributed by atoms with Gasteiger partial charge in [0.25, 0.3) is 0 Å². The number of ether oxygens (including phenoxy) is 3. The Labute approximate surface area is 234 Å². The topological polar surface area (TPSA) is 154 Å². The maximum atomic E-state index is 12.8. The van der Waals surface area contributed by atoms with Gasteiger partial charge in [0.1, 0.15) is 11.5 Å². The van der Waals surface area contributed by atoms with Crippen molar-refractivity contribution in [3.05, 3.63) is 48.5 Å². The van der Waals surface area contributed by atoms with E-state index in [1.807, 2.05) is 0 Å². The monoisotopic (exact) mass is 560 g/mol. The van der Waals surface area contributed by atoms with Gasteiger partial charge in [-0.05, 0) is 87.1 Å². The molecule has 2 aliphatic heterocycles. The van der Waals surface area contributed by atoms with Crippen LogP contribution in [0.3, 0.4) is 0 Å². The van der Waals surface area contributed by atoms with Crippen LogP contribution in [-0.2, 0) is 38.2 Å². The van der Waals surface area contributed by atoms with Gasteiger partial charge in [-0.1, -0.05) is 0 Å². The van der Waals surface area contributed by atoms with Gasteiger partial charge in [-0.25, -0.2) is 0 Å². The van der Waals surface area contributed by atoms with E-state index in [9.17, 15) is 28.8 Å². The number of hydrogen-bond donors (Lipinski definition) is 2. The molecule has 0 radical (unpaired) electrons. The number of carbonyl (C=O) groups excluding carboxylic acids is 6. The molecule has 2 aromatic rings. The molecule has 4 aliphatic rings. The molecule has 2 aromatic carbocycles. The van der Waals surface area contributed by atoms with Crippen molar-refractivity contribution < 1.29 is 43.0 Å². The zero-order valence-corrected chi connectivity index (χ0v) is 22.0. The number of benzene rings is 2. The van der Waals surface area contributed by atoms with E-state index in [1.165, 1.54) is 0 Å². The van der Waals surface area contributed by atoms with Crippen LogP contribution in [0, 0.1) is 35.5 Å². The van der Waals surface area contributed by atoms with Gasteiger partial charge in [-0.15, -0.1) is 0 Å². The quantitative estimate of drug-likeness (QED) is 0.398. The molecule has 0 bridgehead atoms. The van der Waals surface area contributed by atoms with E-state index in [1.54, 1.807) is 48.5 Å². The summed E-state index contributed by atoms with van der Waals surface area (Å²) in [6, 6.07) is 13.7. The Bertz CT molecular complexity index is 1310. The second-order valence-corrected chi connectivity index (χ2v) is 11.1. The lowest BCUT2D eigenvalue weighted by Gasteiger charge is -2.26. The SMILES string of the molecule is O=C(Nc1ccc(Oc2ccc(NC(=O)C3CCC4C(=O)OC(=O)C4C3)cc2)cc1)C1CCC2C(=O)OC(=O)C2C1. The van der Waals surface area contributed by atoms with Gasteiger partial charge >= 0.3 is 23.9 Å². The van der Waals surface area contributed by atoms with Crippen molar-refractivity contribution in [3.63, 3.8) is 0 Å². The lowest BCUT2D eigenvalue weighted by molar-refractivity contribution is -0.155. The predicted molar refractivity (Wildman–Crippen MR) is 141 cm³/mol. The van der Waals surface area contributed by atoms with Gasteiger partial charge in [0.15, 0.2) is 0 Å². The second-order valence-electron chi connectivity index (χ2n) is 11.1. The molecule has 0 aromatic heterocycles. The molecule has 4 fully saturated rings. The number of carbonyl (C=O) groups is 6. The van der Waals surface area contributed by atoms with Crippen molar-refractivity contribution in [1.82, 2.24) is 0 Å². The van der Waals surface area contributed by atoms with Crippen LogP contribution >= 0.6 is 0 Å². The molecular weight excluding hydrogens is 532 g/mol. The van der Waals surface area contributed by atoms with Crippen molar-refractivity contribution in [1.29, 1.82) is 0 Å². The normalized spacial score (nSPS) is 28.7. The van der Waals surface area contributed by atoms with Gasteiger partial charge in [0.05, 0.1) is 23.7 Å². The van der Waals surface area contributed by atoms with E-state index in [4.69, 9.17) is 14.2 Å². The number of amides is 2. The van der Waals surface area contributed by atoms with Crippen molar-refractivity contribution in [2.24, 2.45) is 35.5 Å². The number of esters is 4. The summed E-state index contributed by atoms with van der Waals surface area (Å²) >= 11 is 0. The molecule has 2 heterocycles. The zero-order chi connectivity index (χ0) is 28.7. The third-order valence-electron chi connectivity index (χ3n) is 8.53. The summed E-state index contributed by atoms with van der Waals surface area (Å²) in [7, 11) is 0. The molecule has 2 aliphatic carbocycles. The minimum absolute atomic E-state index is 0.202. The molecule has 6 unspecified atom stereocenters. The molecule has 212 valence electrons. The maximum Gasteiger partial charge on any atom is 0.317 e. The summed E-state index contributed by atoms with van der Waals surface area (Å²) in [5.74, 6) is -4.03. The van der Waals surface area contributed by atoms with E-state index >= 15 is 0 Å². The minimum Gasteiger partial charge on any atom is -0.457 e. The fraction of sp³-hybridized carbons (Fsp3) is 0.400. The summed E-state index contributed by atoms with van der Waals surface area (Å²) in [4.78, 5) is 72.7. The van der Waals surface area contributed by atoms with Crippen LogP contribution in [0.1, 0.15) is 38.5 Å². The van der Waals surface area contributed by atoms with Crippen LogP contribution in [-0.4, -0.2) is 35.7 Å². The molecule has 2 saturated carbocycles. The summed E-state index contributed by atoms with van der Waals surface area (Å²) < 4.78 is 15.3. The standard InChI is InChI=1S/C30H28N2O9/c33-25(15-1-11-21-23(13-15)29(37)40-27(21)35)31-17-3-7-19(8-4-17)39-20-9-5-18(6-10-20)32-26(34)16-2-12-22-24(14-16)30(38)41-28(22)36/h3-10,15-16,21-24H,1-2,11-14H2,(H,31,33)(H,32,34). The van der Waals surface area contributed by atoms with E-state index in [0.717, 1.165) is 0 Å². The number of anilines is 2. The molecule has 2 saturated heterocycles. The van der Waals surface area contributed by atoms with E-state index in [0.29, 0.717) is 61.4 Å². The second kappa shape index (κ2) is 10.8. The van der Waals surface area contributed by atoms with Crippen molar-refractivity contribution in [3.8, 4) is 11.5 Å². The lowest BCUT2D eigenvalue weighted by atomic mass is 9.75. The summed E-state index contributed by atoms with van der Waals surface area (Å²) in [5.41, 5.74) is 1.16. The molecular formula is C30H28N2O9. The number of rotatable bonds is 6. The molecule has 11 heteroatoms. The molecule has 6 atom stereocenters. The molecule has 0 spiro atoms. The van der Waals surface area contributed by atoms with Crippen molar-refractivity contribution >= 4 is 47.1 Å². The third kappa shape index (κ3) is 5.44. The maximum absolute atomic E-state index is 12.8. The summed E-state index contributed by atoms with van der Waals surface area (Å²) in [5, 5.41) is 5.73. The Morgan fingerprint density at radius 3 is 1.32 bits per heavy atom. The highest BCUT2D eigenvalue weighted by Gasteiger charge is 2.49. The minimum atomic E-state index is -0.540. The number of nitrogens with one attached hydrogen (secondary N) is 2. The predicted octanol–water partition coefficient (Wildman–Crippen LogP) is 3.59. The third-order valence-corrected chi connectivity index (χ3v) is 8.53. The smallest absolute Gasteiger partial charge is 0.317 e. The molecule has 11 nitrogen and oxygen atoms in total. The van der Waals surface area contributed by atoms with Crippen LogP contribution in [0.2, 0.25) is 0 Å². The number of hydrogen-bond acceptors (Lipinski definition) is 9. The Morgan fingerprint density at radius 2 is 0.927 bits per heavy atom. The molecule has 41 heavy (non-hydrogen) atoms. The highest BCUT2D eigenvalue weighted by atomic mass is 16.6. The Morgan fingerprint density at radius 1 is 0.561 bits per heavy atom. The first kappa shape index (κ1) is 26.7. The van der Waals surface area contributed by atoms with E-state index in [2.05, 4.69) is 10.6 Å². The van der Waals surface area contributed by atoms with Gasteiger partial charge in [-0.3, -0.25) is 28.8 Å². The van der Waals surface area contributed by atoms with Crippen LogP contribution < -0.4 is 15.4 Å². The average Bonchev–Trinajstić information content (AvgIpc) is 3.43. The Balaban J connectivity index is 0.986. The number of fused-ring (bicyclic) bond motifs is 2. The van der Waals surface area contributed by atoms with E-state index < -0.39 is 47.5 Å². The first-order valence-electron chi connectivity index (χ1n) is 13.8. The first-order valence-corrected chi connectivity index (χ1v) is 13.8. The summed E-state index contributed by atoms with van der Waals surface area (Å²) in [6.45, 7) is 0. The molecule has 2 N–H and O–H groups in total. The summed E-state index contributed by atoms with van der Waals surface area (Å²) in [6.07, 6.45) is 2.56. The van der Waals surface area contributed by atoms with Crippen molar-refractivity contribution in [2.75, 3.05) is 10.6 Å². The fourth-order valence-electron chi connectivity index (χ4n) is 6.24. The Hall–Kier alpha value is -4.54. The lowest BCUT2D eigenvalue weighted by Crippen LogP contribution is -2.33. The van der Waals surface area contributed by atoms with Gasteiger partial charge in [-0.2, -0.15) is 0 Å². The van der Waals surface area contributed by atoms with Gasteiger partial charge in [0, 0.05) is 23.2 Å². The zero-order valence-electron chi connectivity index (χ0n) is 22.0. The van der Waals surface area contributed by atoms with Crippen LogP contribution in [0.4, 0.5) is 11.4 Å². The Kier molecular flexibility index (Phi) is 7.02. The van der Waals surface area contributed by atoms with Gasteiger partial charge < -0.3 is 24.8 Å². The molecule has 6 rings (SSSR count). The highest BCUT2D eigenvalue weighted by Crippen LogP contribution is 2.41. The highest BCUT2D eigenvalue weighted by molar-refractivity contribution is 5.99. The molecule has 2 amide bonds.